The molecular weight excluding hydrogens is 260 g/mol. The molecule has 0 saturated carbocycles. The van der Waals surface area contributed by atoms with Gasteiger partial charge in [-0.05, 0) is 0 Å². The van der Waals surface area contributed by atoms with Gasteiger partial charge in [0.2, 0.25) is 5.91 Å². The maximum absolute atomic E-state index is 11.5. The monoisotopic (exact) mass is 270 g/mol. The van der Waals surface area contributed by atoms with Crippen LogP contribution in [-0.4, -0.2) is 15.9 Å². The summed E-state index contributed by atoms with van der Waals surface area (Å²) in [5.74, 6) is -0.674. The summed E-state index contributed by atoms with van der Waals surface area (Å²) >= 11 is 5.93. The molecule has 0 spiro atoms. The van der Waals surface area contributed by atoms with Crippen molar-refractivity contribution in [2.24, 2.45) is 0 Å². The number of nitrogens with one attached hydrogen (secondary N) is 1. The quantitative estimate of drug-likeness (QED) is 0.606. The first-order valence-corrected chi connectivity index (χ1v) is 5.62. The number of halogens is 1. The minimum Gasteiger partial charge on any atom is -0.502 e. The van der Waals surface area contributed by atoms with E-state index in [1.807, 2.05) is 0 Å². The number of phenols is 1. The molecule has 0 aliphatic carbocycles. The summed E-state index contributed by atoms with van der Waals surface area (Å²) in [6.07, 6.45) is 0.130. The third-order valence-corrected chi connectivity index (χ3v) is 3.27. The van der Waals surface area contributed by atoms with E-state index in [1.54, 1.807) is 13.8 Å². The van der Waals surface area contributed by atoms with Crippen LogP contribution >= 0.6 is 11.6 Å². The average Bonchev–Trinajstić information content (AvgIpc) is 2.20. The van der Waals surface area contributed by atoms with Crippen molar-refractivity contribution in [2.45, 2.75) is 25.7 Å². The Hall–Kier alpha value is -1.82. The predicted molar refractivity (Wildman–Crippen MR) is 66.0 cm³/mol. The number of fused-ring (bicyclic) bond motifs is 1. The van der Waals surface area contributed by atoms with Crippen LogP contribution in [0, 0.1) is 10.1 Å². The van der Waals surface area contributed by atoms with E-state index in [1.165, 1.54) is 0 Å². The third kappa shape index (κ3) is 1.78. The van der Waals surface area contributed by atoms with Crippen LogP contribution in [0.4, 0.5) is 11.4 Å². The van der Waals surface area contributed by atoms with Crippen molar-refractivity contribution in [1.82, 2.24) is 0 Å². The summed E-state index contributed by atoms with van der Waals surface area (Å²) in [6.45, 7) is 3.45. The molecule has 0 atom stereocenters. The molecule has 7 heteroatoms. The van der Waals surface area contributed by atoms with E-state index in [-0.39, 0.29) is 23.0 Å². The Balaban J connectivity index is 2.79. The summed E-state index contributed by atoms with van der Waals surface area (Å²) in [5.41, 5.74) is -0.609. The lowest BCUT2D eigenvalue weighted by Crippen LogP contribution is -2.32. The number of carbonyl (C=O) groups is 1. The van der Waals surface area contributed by atoms with Crippen LogP contribution < -0.4 is 5.32 Å². The fraction of sp³-hybridized carbons (Fsp3) is 0.364. The Morgan fingerprint density at radius 3 is 2.72 bits per heavy atom. The van der Waals surface area contributed by atoms with E-state index in [9.17, 15) is 20.0 Å². The van der Waals surface area contributed by atoms with Gasteiger partial charge < -0.3 is 10.4 Å². The van der Waals surface area contributed by atoms with Crippen LogP contribution in [0.2, 0.25) is 5.02 Å². The lowest BCUT2D eigenvalue weighted by Gasteiger charge is -2.32. The molecule has 1 aliphatic heterocycles. The fourth-order valence-corrected chi connectivity index (χ4v) is 2.47. The molecule has 0 saturated heterocycles. The Morgan fingerprint density at radius 1 is 1.56 bits per heavy atom. The second-order valence-corrected chi connectivity index (χ2v) is 5.25. The molecule has 1 aliphatic rings. The van der Waals surface area contributed by atoms with Gasteiger partial charge in [0.15, 0.2) is 5.75 Å². The van der Waals surface area contributed by atoms with Crippen LogP contribution in [0.3, 0.4) is 0 Å². The standard InChI is InChI=1S/C11H11ClN2O4/c1-11(2)4-7(15)13-9-5(12)3-6(14(17)18)10(16)8(9)11/h3,16H,4H2,1-2H3,(H,13,15). The number of amides is 1. The first kappa shape index (κ1) is 12.6. The number of carbonyl (C=O) groups excluding carboxylic acids is 1. The van der Waals surface area contributed by atoms with E-state index in [0.717, 1.165) is 6.07 Å². The zero-order chi connectivity index (χ0) is 13.7. The lowest BCUT2D eigenvalue weighted by molar-refractivity contribution is -0.386. The van der Waals surface area contributed by atoms with Crippen LogP contribution in [0.1, 0.15) is 25.8 Å². The van der Waals surface area contributed by atoms with Gasteiger partial charge >= 0.3 is 5.69 Å². The molecule has 2 N–H and O–H groups in total. The highest BCUT2D eigenvalue weighted by Crippen LogP contribution is 2.49. The molecule has 0 bridgehead atoms. The molecule has 96 valence electrons. The number of benzene rings is 1. The van der Waals surface area contributed by atoms with Gasteiger partial charge in [-0.3, -0.25) is 14.9 Å². The summed E-state index contributed by atoms with van der Waals surface area (Å²) in [7, 11) is 0. The topological polar surface area (TPSA) is 92.5 Å². The van der Waals surface area contributed by atoms with E-state index in [2.05, 4.69) is 5.32 Å². The number of hydrogen-bond acceptors (Lipinski definition) is 4. The Kier molecular flexibility index (Phi) is 2.70. The first-order valence-electron chi connectivity index (χ1n) is 5.24. The smallest absolute Gasteiger partial charge is 0.312 e. The molecule has 6 nitrogen and oxygen atoms in total. The van der Waals surface area contributed by atoms with Crippen molar-refractivity contribution in [3.63, 3.8) is 0 Å². The molecule has 1 aromatic rings. The van der Waals surface area contributed by atoms with E-state index < -0.39 is 21.8 Å². The Labute approximate surface area is 108 Å². The van der Waals surface area contributed by atoms with Gasteiger partial charge in [-0.1, -0.05) is 25.4 Å². The molecule has 1 heterocycles. The highest BCUT2D eigenvalue weighted by atomic mass is 35.5. The van der Waals surface area contributed by atoms with Crippen LogP contribution in [-0.2, 0) is 10.2 Å². The highest BCUT2D eigenvalue weighted by Gasteiger charge is 2.39. The van der Waals surface area contributed by atoms with Gasteiger partial charge in [0.1, 0.15) is 0 Å². The summed E-state index contributed by atoms with van der Waals surface area (Å²) < 4.78 is 0. The molecule has 0 unspecified atom stereocenters. The lowest BCUT2D eigenvalue weighted by atomic mass is 9.77. The van der Waals surface area contributed by atoms with E-state index in [4.69, 9.17) is 11.6 Å². The number of phenolic OH excluding ortho intramolecular Hbond substituents is 1. The van der Waals surface area contributed by atoms with Crippen molar-refractivity contribution >= 4 is 28.9 Å². The normalized spacial score (nSPS) is 16.9. The van der Waals surface area contributed by atoms with Gasteiger partial charge in [0.05, 0.1) is 15.6 Å². The molecule has 1 aromatic carbocycles. The SMILES string of the molecule is CC1(C)CC(=O)Nc2c(Cl)cc([N+](=O)[O-])c(O)c21. The van der Waals surface area contributed by atoms with Crippen molar-refractivity contribution in [2.75, 3.05) is 5.32 Å². The summed E-state index contributed by atoms with van der Waals surface area (Å²) in [5, 5.41) is 23.4. The number of anilines is 1. The minimum absolute atomic E-state index is 0.0515. The predicted octanol–water partition coefficient (Wildman–Crippen LogP) is 2.57. The molecular formula is C11H11ClN2O4. The van der Waals surface area contributed by atoms with Gasteiger partial charge in [-0.2, -0.15) is 0 Å². The van der Waals surface area contributed by atoms with Crippen molar-refractivity contribution in [3.8, 4) is 5.75 Å². The van der Waals surface area contributed by atoms with Crippen molar-refractivity contribution < 1.29 is 14.8 Å². The molecule has 2 rings (SSSR count). The van der Waals surface area contributed by atoms with Crippen LogP contribution in [0.5, 0.6) is 5.75 Å². The van der Waals surface area contributed by atoms with E-state index in [0.29, 0.717) is 5.56 Å². The number of nitro benzene ring substituents is 1. The maximum Gasteiger partial charge on any atom is 0.312 e. The molecule has 0 aromatic heterocycles. The van der Waals surface area contributed by atoms with Crippen LogP contribution in [0.25, 0.3) is 0 Å². The zero-order valence-electron chi connectivity index (χ0n) is 9.78. The van der Waals surface area contributed by atoms with Gasteiger partial charge in [-0.25, -0.2) is 0 Å². The fourth-order valence-electron chi connectivity index (χ4n) is 2.22. The highest BCUT2D eigenvalue weighted by molar-refractivity contribution is 6.34. The van der Waals surface area contributed by atoms with Gasteiger partial charge in [-0.15, -0.1) is 0 Å². The first-order chi connectivity index (χ1) is 8.24. The second kappa shape index (κ2) is 3.84. The Bertz CT molecular complexity index is 569. The number of hydrogen-bond donors (Lipinski definition) is 2. The molecule has 0 fully saturated rings. The molecule has 1 amide bonds. The summed E-state index contributed by atoms with van der Waals surface area (Å²) in [4.78, 5) is 21.7. The number of aromatic hydroxyl groups is 1. The van der Waals surface area contributed by atoms with Gasteiger partial charge in [0, 0.05) is 23.5 Å². The number of nitro groups is 1. The molecule has 0 radical (unpaired) electrons. The maximum atomic E-state index is 11.5. The second-order valence-electron chi connectivity index (χ2n) is 4.84. The summed E-state index contributed by atoms with van der Waals surface area (Å²) in [6, 6.07) is 1.04. The van der Waals surface area contributed by atoms with Crippen molar-refractivity contribution in [3.05, 3.63) is 26.8 Å². The van der Waals surface area contributed by atoms with Crippen molar-refractivity contribution in [1.29, 1.82) is 0 Å². The van der Waals surface area contributed by atoms with E-state index >= 15 is 0 Å². The number of nitrogens with zero attached hydrogens (tertiary/aromatic N) is 1. The average molecular weight is 271 g/mol. The zero-order valence-corrected chi connectivity index (χ0v) is 10.5. The minimum atomic E-state index is -0.711. The largest absolute Gasteiger partial charge is 0.502 e. The van der Waals surface area contributed by atoms with Crippen LogP contribution in [0.15, 0.2) is 6.07 Å². The molecule has 18 heavy (non-hydrogen) atoms. The number of rotatable bonds is 1. The van der Waals surface area contributed by atoms with Gasteiger partial charge in [0.25, 0.3) is 0 Å². The Morgan fingerprint density at radius 2 is 2.17 bits per heavy atom. The third-order valence-electron chi connectivity index (χ3n) is 2.97.